The van der Waals surface area contributed by atoms with E-state index in [1.807, 2.05) is 36.4 Å². The van der Waals surface area contributed by atoms with Crippen LogP contribution in [0.15, 0.2) is 77.7 Å². The molecule has 0 aliphatic carbocycles. The largest absolute Gasteiger partial charge is 0.497 e. The van der Waals surface area contributed by atoms with Crippen LogP contribution in [0.2, 0.25) is 5.02 Å². The third kappa shape index (κ3) is 5.49. The molecule has 1 fully saturated rings. The predicted octanol–water partition coefficient (Wildman–Crippen LogP) is 5.22. The molecule has 0 N–H and O–H groups in total. The molecule has 3 aromatic rings. The number of rotatable bonds is 8. The lowest BCUT2D eigenvalue weighted by Crippen LogP contribution is -2.47. The Bertz CT molecular complexity index is 1210. The highest BCUT2D eigenvalue weighted by molar-refractivity contribution is 7.92. The van der Waals surface area contributed by atoms with Crippen molar-refractivity contribution in [3.63, 3.8) is 0 Å². The van der Waals surface area contributed by atoms with Gasteiger partial charge in [0.2, 0.25) is 0 Å². The monoisotopic (exact) mass is 500 g/mol. The minimum absolute atomic E-state index is 0.171. The Kier molecular flexibility index (Phi) is 7.66. The van der Waals surface area contributed by atoms with Crippen molar-refractivity contribution >= 4 is 27.3 Å². The molecule has 8 heteroatoms. The maximum absolute atomic E-state index is 13.9. The molecule has 0 aromatic heterocycles. The van der Waals surface area contributed by atoms with E-state index in [4.69, 9.17) is 21.1 Å². The van der Waals surface area contributed by atoms with Crippen LogP contribution in [0.3, 0.4) is 0 Å². The van der Waals surface area contributed by atoms with Crippen molar-refractivity contribution in [1.29, 1.82) is 0 Å². The Balaban J connectivity index is 1.59. The number of likely N-dealkylation sites (tertiary alicyclic amines) is 1. The fourth-order valence-electron chi connectivity index (χ4n) is 4.36. The zero-order valence-electron chi connectivity index (χ0n) is 19.4. The van der Waals surface area contributed by atoms with E-state index in [2.05, 4.69) is 11.0 Å². The highest BCUT2D eigenvalue weighted by atomic mass is 35.5. The molecule has 1 saturated heterocycles. The van der Waals surface area contributed by atoms with E-state index in [1.54, 1.807) is 48.9 Å². The number of nitrogens with zero attached hydrogens (tertiary/aromatic N) is 2. The molecule has 0 unspecified atom stereocenters. The number of sulfonamides is 1. The van der Waals surface area contributed by atoms with Gasteiger partial charge in [0.05, 0.1) is 24.8 Å². The molecule has 6 nitrogen and oxygen atoms in total. The van der Waals surface area contributed by atoms with E-state index < -0.39 is 10.0 Å². The van der Waals surface area contributed by atoms with Crippen molar-refractivity contribution in [1.82, 2.24) is 4.90 Å². The minimum atomic E-state index is -3.80. The lowest BCUT2D eigenvalue weighted by atomic mass is 10.0. The van der Waals surface area contributed by atoms with Crippen LogP contribution in [0.1, 0.15) is 18.4 Å². The molecule has 1 aliphatic rings. The van der Waals surface area contributed by atoms with Crippen molar-refractivity contribution < 1.29 is 17.9 Å². The van der Waals surface area contributed by atoms with Crippen molar-refractivity contribution in [3.05, 3.63) is 83.4 Å². The summed E-state index contributed by atoms with van der Waals surface area (Å²) in [6, 6.07) is 21.5. The van der Waals surface area contributed by atoms with Crippen molar-refractivity contribution in [3.8, 4) is 11.5 Å². The van der Waals surface area contributed by atoms with Crippen molar-refractivity contribution in [2.45, 2.75) is 30.3 Å². The molecule has 0 spiro atoms. The molecule has 34 heavy (non-hydrogen) atoms. The van der Waals surface area contributed by atoms with E-state index in [1.165, 1.54) is 0 Å². The van der Waals surface area contributed by atoms with Gasteiger partial charge in [-0.3, -0.25) is 9.21 Å². The van der Waals surface area contributed by atoms with Gasteiger partial charge in [0.25, 0.3) is 10.0 Å². The number of halogens is 1. The lowest BCUT2D eigenvalue weighted by Gasteiger charge is -2.39. The Labute approximate surface area is 206 Å². The van der Waals surface area contributed by atoms with Gasteiger partial charge in [0.15, 0.2) is 0 Å². The van der Waals surface area contributed by atoms with Crippen molar-refractivity contribution in [2.24, 2.45) is 0 Å². The first-order chi connectivity index (χ1) is 16.4. The number of hydrogen-bond acceptors (Lipinski definition) is 5. The van der Waals surface area contributed by atoms with Gasteiger partial charge in [-0.2, -0.15) is 0 Å². The smallest absolute Gasteiger partial charge is 0.264 e. The minimum Gasteiger partial charge on any atom is -0.497 e. The SMILES string of the molecule is COc1ccc(S(=O)(=O)N(c2cccc(OC)c2)C2CCN(Cc3cccc(Cl)c3)CC2)cc1. The summed E-state index contributed by atoms with van der Waals surface area (Å²) in [7, 11) is -0.662. The average molecular weight is 501 g/mol. The molecule has 1 aliphatic heterocycles. The van der Waals surface area contributed by atoms with E-state index in [0.29, 0.717) is 30.0 Å². The highest BCUT2D eigenvalue weighted by Gasteiger charge is 2.34. The number of ether oxygens (including phenoxy) is 2. The van der Waals surface area contributed by atoms with Crippen LogP contribution >= 0.6 is 11.6 Å². The summed E-state index contributed by atoms with van der Waals surface area (Å²) in [6.45, 7) is 2.36. The molecule has 4 rings (SSSR count). The second kappa shape index (κ2) is 10.7. The fourth-order valence-corrected chi connectivity index (χ4v) is 6.27. The molecular weight excluding hydrogens is 472 g/mol. The van der Waals surface area contributed by atoms with Gasteiger partial charge >= 0.3 is 0 Å². The molecule has 0 amide bonds. The summed E-state index contributed by atoms with van der Waals surface area (Å²) in [5, 5.41) is 0.724. The molecule has 1 heterocycles. The molecule has 0 saturated carbocycles. The number of benzene rings is 3. The zero-order chi connectivity index (χ0) is 24.1. The summed E-state index contributed by atoms with van der Waals surface area (Å²) < 4.78 is 39.9. The number of hydrogen-bond donors (Lipinski definition) is 0. The number of piperidine rings is 1. The first kappa shape index (κ1) is 24.4. The second-order valence-corrected chi connectivity index (χ2v) is 10.6. The summed E-state index contributed by atoms with van der Waals surface area (Å²) in [5.74, 6) is 1.23. The lowest BCUT2D eigenvalue weighted by molar-refractivity contribution is 0.206. The molecule has 180 valence electrons. The van der Waals surface area contributed by atoms with Crippen LogP contribution in [0.4, 0.5) is 5.69 Å². The van der Waals surface area contributed by atoms with Gasteiger partial charge in [-0.1, -0.05) is 29.8 Å². The van der Waals surface area contributed by atoms with E-state index in [-0.39, 0.29) is 10.9 Å². The number of methoxy groups -OCH3 is 2. The standard InChI is InChI=1S/C26H29ClN2O4S/c1-32-24-9-11-26(12-10-24)34(30,31)29(23-7-4-8-25(18-23)33-2)22-13-15-28(16-14-22)19-20-5-3-6-21(27)17-20/h3-12,17-18,22H,13-16,19H2,1-2H3. The Hall–Kier alpha value is -2.74. The van der Waals surface area contributed by atoms with E-state index in [9.17, 15) is 8.42 Å². The summed E-state index contributed by atoms with van der Waals surface area (Å²) in [5.41, 5.74) is 1.75. The van der Waals surface area contributed by atoms with Crippen LogP contribution in [-0.2, 0) is 16.6 Å². The average Bonchev–Trinajstić information content (AvgIpc) is 2.85. The molecular formula is C26H29ClN2O4S. The molecule has 0 atom stereocenters. The van der Waals surface area contributed by atoms with Crippen LogP contribution in [-0.4, -0.2) is 46.7 Å². The van der Waals surface area contributed by atoms with Crippen LogP contribution in [0.5, 0.6) is 11.5 Å². The molecule has 0 bridgehead atoms. The van der Waals surface area contributed by atoms with Crippen LogP contribution in [0.25, 0.3) is 0 Å². The fraction of sp³-hybridized carbons (Fsp3) is 0.308. The normalized spacial score (nSPS) is 15.1. The van der Waals surface area contributed by atoms with Gasteiger partial charge in [-0.15, -0.1) is 0 Å². The second-order valence-electron chi connectivity index (χ2n) is 8.32. The van der Waals surface area contributed by atoms with E-state index in [0.717, 1.165) is 30.2 Å². The zero-order valence-corrected chi connectivity index (χ0v) is 20.9. The highest BCUT2D eigenvalue weighted by Crippen LogP contribution is 2.33. The number of anilines is 1. The van der Waals surface area contributed by atoms with Gasteiger partial charge in [0.1, 0.15) is 11.5 Å². The first-order valence-corrected chi connectivity index (χ1v) is 13.0. The van der Waals surface area contributed by atoms with Gasteiger partial charge in [0, 0.05) is 36.8 Å². The third-order valence-corrected chi connectivity index (χ3v) is 8.24. The Morgan fingerprint density at radius 2 is 1.59 bits per heavy atom. The van der Waals surface area contributed by atoms with Crippen LogP contribution in [0, 0.1) is 0 Å². The summed E-state index contributed by atoms with van der Waals surface area (Å²) in [4.78, 5) is 2.57. The topological polar surface area (TPSA) is 59.1 Å². The van der Waals surface area contributed by atoms with Gasteiger partial charge in [-0.25, -0.2) is 8.42 Å². The maximum atomic E-state index is 13.9. The summed E-state index contributed by atoms with van der Waals surface area (Å²) in [6.07, 6.45) is 1.43. The van der Waals surface area contributed by atoms with E-state index >= 15 is 0 Å². The Morgan fingerprint density at radius 3 is 2.24 bits per heavy atom. The van der Waals surface area contributed by atoms with Crippen molar-refractivity contribution in [2.75, 3.05) is 31.6 Å². The molecule has 3 aromatic carbocycles. The van der Waals surface area contributed by atoms with Gasteiger partial charge in [-0.05, 0) is 66.9 Å². The van der Waals surface area contributed by atoms with Gasteiger partial charge < -0.3 is 9.47 Å². The molecule has 0 radical (unpaired) electrons. The first-order valence-electron chi connectivity index (χ1n) is 11.2. The maximum Gasteiger partial charge on any atom is 0.264 e. The third-order valence-electron chi connectivity index (χ3n) is 6.11. The van der Waals surface area contributed by atoms with Crippen LogP contribution < -0.4 is 13.8 Å². The predicted molar refractivity (Wildman–Crippen MR) is 135 cm³/mol. The summed E-state index contributed by atoms with van der Waals surface area (Å²) >= 11 is 6.14. The quantitative estimate of drug-likeness (QED) is 0.424. The Morgan fingerprint density at radius 1 is 0.912 bits per heavy atom.